The van der Waals surface area contributed by atoms with E-state index in [1.165, 1.54) is 24.3 Å². The summed E-state index contributed by atoms with van der Waals surface area (Å²) in [5.41, 5.74) is 1.26. The second-order valence-corrected chi connectivity index (χ2v) is 6.90. The van der Waals surface area contributed by atoms with Crippen molar-refractivity contribution in [3.8, 4) is 0 Å². The minimum absolute atomic E-state index is 0.0161. The van der Waals surface area contributed by atoms with E-state index in [9.17, 15) is 9.59 Å². The van der Waals surface area contributed by atoms with Gasteiger partial charge in [0.2, 0.25) is 0 Å². The highest BCUT2D eigenvalue weighted by Crippen LogP contribution is 2.40. The van der Waals surface area contributed by atoms with Crippen molar-refractivity contribution in [1.82, 2.24) is 4.98 Å². The molecule has 0 saturated heterocycles. The first kappa shape index (κ1) is 15.2. The lowest BCUT2D eigenvalue weighted by molar-refractivity contribution is -0.115. The number of ketones is 2. The lowest BCUT2D eigenvalue weighted by atomic mass is 9.79. The molecule has 3 rings (SSSR count). The number of carbonyl (C=O) groups excluding carboxylic acids is 2. The van der Waals surface area contributed by atoms with Gasteiger partial charge in [-0.25, -0.2) is 4.98 Å². The van der Waals surface area contributed by atoms with E-state index >= 15 is 0 Å². The Kier molecular flexibility index (Phi) is 4.57. The molecule has 0 atom stereocenters. The first-order valence-corrected chi connectivity index (χ1v) is 8.59. The van der Waals surface area contributed by atoms with Crippen LogP contribution in [0.1, 0.15) is 39.0 Å². The zero-order chi connectivity index (χ0) is 15.5. The molecule has 0 spiro atoms. The Bertz CT molecular complexity index is 655. The van der Waals surface area contributed by atoms with Crippen LogP contribution in [0.5, 0.6) is 0 Å². The summed E-state index contributed by atoms with van der Waals surface area (Å²) in [6.45, 7) is 1.72. The van der Waals surface area contributed by atoms with Crippen LogP contribution in [0.15, 0.2) is 51.5 Å². The first-order chi connectivity index (χ1) is 10.7. The predicted molar refractivity (Wildman–Crippen MR) is 87.5 cm³/mol. The Morgan fingerprint density at radius 3 is 2.59 bits per heavy atom. The van der Waals surface area contributed by atoms with Gasteiger partial charge >= 0.3 is 0 Å². The zero-order valence-corrected chi connectivity index (χ0v) is 13.5. The van der Waals surface area contributed by atoms with Crippen molar-refractivity contribution < 1.29 is 9.59 Å². The van der Waals surface area contributed by atoms with Gasteiger partial charge in [-0.05, 0) is 43.9 Å². The second-order valence-electron chi connectivity index (χ2n) is 5.87. The van der Waals surface area contributed by atoms with E-state index in [1.807, 2.05) is 18.2 Å². The van der Waals surface area contributed by atoms with Crippen molar-refractivity contribution in [2.75, 3.05) is 0 Å². The smallest absolute Gasteiger partial charge is 0.196 e. The minimum atomic E-state index is -0.0178. The Balaban J connectivity index is 1.99. The van der Waals surface area contributed by atoms with Gasteiger partial charge in [-0.3, -0.25) is 9.59 Å². The summed E-state index contributed by atoms with van der Waals surface area (Å²) in [4.78, 5) is 30.0. The summed E-state index contributed by atoms with van der Waals surface area (Å²) in [5.74, 6) is 0.221. The summed E-state index contributed by atoms with van der Waals surface area (Å²) < 4.78 is 0. The number of rotatable bonds is 3. The van der Waals surface area contributed by atoms with Crippen molar-refractivity contribution in [2.45, 2.75) is 44.1 Å². The molecule has 1 heterocycles. The molecule has 0 aliphatic heterocycles. The molecule has 0 bridgehead atoms. The lowest BCUT2D eigenvalue weighted by Crippen LogP contribution is -2.23. The van der Waals surface area contributed by atoms with E-state index in [4.69, 9.17) is 0 Å². The topological polar surface area (TPSA) is 47.0 Å². The van der Waals surface area contributed by atoms with Gasteiger partial charge < -0.3 is 0 Å². The Morgan fingerprint density at radius 2 is 1.91 bits per heavy atom. The van der Waals surface area contributed by atoms with Gasteiger partial charge in [0.05, 0.1) is 4.91 Å². The molecular weight excluding hydrogens is 294 g/mol. The van der Waals surface area contributed by atoms with Crippen LogP contribution in [0.2, 0.25) is 0 Å². The van der Waals surface area contributed by atoms with Crippen LogP contribution in [-0.4, -0.2) is 16.6 Å². The highest BCUT2D eigenvalue weighted by Gasteiger charge is 2.32. The summed E-state index contributed by atoms with van der Waals surface area (Å²) >= 11 is 1.34. The number of aromatic nitrogens is 1. The van der Waals surface area contributed by atoms with Crippen LogP contribution < -0.4 is 0 Å². The Hall–Kier alpha value is -1.68. The van der Waals surface area contributed by atoms with Crippen LogP contribution in [0.3, 0.4) is 0 Å². The molecule has 0 radical (unpaired) electrons. The van der Waals surface area contributed by atoms with Gasteiger partial charge in [-0.15, -0.1) is 0 Å². The van der Waals surface area contributed by atoms with Crippen molar-refractivity contribution in [3.05, 3.63) is 46.5 Å². The lowest BCUT2D eigenvalue weighted by Gasteiger charge is -2.27. The highest BCUT2D eigenvalue weighted by atomic mass is 32.2. The minimum Gasteiger partial charge on any atom is -0.290 e. The van der Waals surface area contributed by atoms with Crippen LogP contribution in [0.25, 0.3) is 0 Å². The number of pyridine rings is 1. The third-order valence-corrected chi connectivity index (χ3v) is 5.34. The average Bonchev–Trinajstić information content (AvgIpc) is 2.54. The van der Waals surface area contributed by atoms with Crippen LogP contribution >= 0.6 is 11.8 Å². The Labute approximate surface area is 134 Å². The molecule has 0 amide bonds. The van der Waals surface area contributed by atoms with E-state index in [0.717, 1.165) is 36.3 Å². The number of Topliss-reactive ketones (excluding diaryl/α,β-unsaturated/α-hetero) is 1. The fourth-order valence-corrected chi connectivity index (χ4v) is 4.24. The van der Waals surface area contributed by atoms with E-state index < -0.39 is 0 Å². The molecule has 0 N–H and O–H groups in total. The molecule has 114 valence electrons. The molecule has 0 unspecified atom stereocenters. The van der Waals surface area contributed by atoms with Crippen molar-refractivity contribution >= 4 is 23.3 Å². The van der Waals surface area contributed by atoms with Crippen molar-refractivity contribution in [3.63, 3.8) is 0 Å². The first-order valence-electron chi connectivity index (χ1n) is 7.77. The number of hydrogen-bond acceptors (Lipinski definition) is 4. The van der Waals surface area contributed by atoms with Gasteiger partial charge in [-0.2, -0.15) is 0 Å². The van der Waals surface area contributed by atoms with E-state index in [1.54, 1.807) is 13.1 Å². The number of thioether (sulfide) groups is 1. The fourth-order valence-electron chi connectivity index (χ4n) is 3.14. The Morgan fingerprint density at radius 1 is 1.14 bits per heavy atom. The molecule has 4 heteroatoms. The van der Waals surface area contributed by atoms with Crippen LogP contribution in [0.4, 0.5) is 0 Å². The monoisotopic (exact) mass is 313 g/mol. The number of allylic oxidation sites excluding steroid dienone is 4. The summed E-state index contributed by atoms with van der Waals surface area (Å²) in [6.07, 6.45) is 8.74. The number of nitrogens with zero attached hydrogens (tertiary/aromatic N) is 1. The summed E-state index contributed by atoms with van der Waals surface area (Å²) in [6, 6.07) is 5.62. The van der Waals surface area contributed by atoms with Gasteiger partial charge in [0, 0.05) is 17.3 Å². The third kappa shape index (κ3) is 3.07. The zero-order valence-electron chi connectivity index (χ0n) is 12.7. The summed E-state index contributed by atoms with van der Waals surface area (Å²) in [7, 11) is 0. The molecule has 3 nitrogen and oxygen atoms in total. The predicted octanol–water partition coefficient (Wildman–Crippen LogP) is 4.11. The maximum atomic E-state index is 12.6. The highest BCUT2D eigenvalue weighted by molar-refractivity contribution is 8.04. The van der Waals surface area contributed by atoms with Gasteiger partial charge in [0.1, 0.15) is 5.03 Å². The molecule has 1 fully saturated rings. The maximum absolute atomic E-state index is 12.6. The largest absolute Gasteiger partial charge is 0.290 e. The normalized spacial score (nSPS) is 20.3. The number of carbonyl (C=O) groups is 2. The fraction of sp³-hybridized carbons (Fsp3) is 0.389. The molecule has 0 aromatic carbocycles. The molecular formula is C18H19NO2S. The molecule has 2 aliphatic rings. The maximum Gasteiger partial charge on any atom is 0.196 e. The van der Waals surface area contributed by atoms with E-state index in [2.05, 4.69) is 4.98 Å². The van der Waals surface area contributed by atoms with Crippen molar-refractivity contribution in [1.29, 1.82) is 0 Å². The van der Waals surface area contributed by atoms with Gasteiger partial charge in [0.15, 0.2) is 11.6 Å². The summed E-state index contributed by atoms with van der Waals surface area (Å²) in [5, 5.41) is 0.765. The molecule has 1 aromatic rings. The quantitative estimate of drug-likeness (QED) is 0.788. The molecule has 22 heavy (non-hydrogen) atoms. The van der Waals surface area contributed by atoms with Gasteiger partial charge in [-0.1, -0.05) is 37.1 Å². The van der Waals surface area contributed by atoms with Crippen LogP contribution in [0, 0.1) is 5.92 Å². The standard InChI is InChI=1S/C18H19NO2S/c1-12-11-14(20)16(13-7-3-2-4-8-13)18(17(12)21)22-15-9-5-6-10-19-15/h5-6,9-11,13H,2-4,7-8H2,1H3. The van der Waals surface area contributed by atoms with E-state index in [-0.39, 0.29) is 17.5 Å². The SMILES string of the molecule is CC1=CC(=O)C(C2CCCCC2)=C(Sc2ccccn2)C1=O. The van der Waals surface area contributed by atoms with Crippen molar-refractivity contribution in [2.24, 2.45) is 5.92 Å². The van der Waals surface area contributed by atoms with Crippen LogP contribution in [-0.2, 0) is 9.59 Å². The van der Waals surface area contributed by atoms with E-state index in [0.29, 0.717) is 10.5 Å². The van der Waals surface area contributed by atoms with Gasteiger partial charge in [0.25, 0.3) is 0 Å². The molecule has 1 saturated carbocycles. The average molecular weight is 313 g/mol. The number of hydrogen-bond donors (Lipinski definition) is 0. The second kappa shape index (κ2) is 6.61. The molecule has 1 aromatic heterocycles. The third-order valence-electron chi connectivity index (χ3n) is 4.28. The molecule has 2 aliphatic carbocycles.